The minimum Gasteiger partial charge on any atom is -0.336 e. The second kappa shape index (κ2) is 7.53. The first-order valence-electron chi connectivity index (χ1n) is 7.03. The summed E-state index contributed by atoms with van der Waals surface area (Å²) in [5, 5.41) is 2.72. The van der Waals surface area contributed by atoms with Crippen molar-refractivity contribution in [3.8, 4) is 0 Å². The largest absolute Gasteiger partial charge is 0.336 e. The van der Waals surface area contributed by atoms with E-state index < -0.39 is 11.6 Å². The summed E-state index contributed by atoms with van der Waals surface area (Å²) in [6.45, 7) is 2.99. The third-order valence-corrected chi connectivity index (χ3v) is 3.29. The lowest BCUT2D eigenvalue weighted by Crippen LogP contribution is -2.40. The van der Waals surface area contributed by atoms with Crippen LogP contribution in [-0.4, -0.2) is 33.6 Å². The number of hydrogen-bond donors (Lipinski definition) is 1. The molecule has 2 rings (SSSR count). The van der Waals surface area contributed by atoms with Crippen molar-refractivity contribution in [3.63, 3.8) is 0 Å². The smallest absolute Gasteiger partial charge is 0.317 e. The highest BCUT2D eigenvalue weighted by Crippen LogP contribution is 2.14. The zero-order valence-corrected chi connectivity index (χ0v) is 12.3. The van der Waals surface area contributed by atoms with E-state index >= 15 is 0 Å². The summed E-state index contributed by atoms with van der Waals surface area (Å²) in [4.78, 5) is 17.3. The number of nitrogens with one attached hydrogen (secondary N) is 1. The summed E-state index contributed by atoms with van der Waals surface area (Å²) in [6.07, 6.45) is 5.10. The van der Waals surface area contributed by atoms with Gasteiger partial charge in [-0.05, 0) is 19.1 Å². The van der Waals surface area contributed by atoms with Crippen LogP contribution < -0.4 is 5.32 Å². The van der Waals surface area contributed by atoms with E-state index in [9.17, 15) is 13.6 Å². The maximum Gasteiger partial charge on any atom is 0.317 e. The monoisotopic (exact) mass is 308 g/mol. The van der Waals surface area contributed by atoms with Crippen molar-refractivity contribution in [2.24, 2.45) is 0 Å². The van der Waals surface area contributed by atoms with Gasteiger partial charge < -0.3 is 14.8 Å². The first kappa shape index (κ1) is 15.9. The van der Waals surface area contributed by atoms with E-state index in [0.29, 0.717) is 19.6 Å². The SMILES string of the molecule is CCN(Cc1c(F)cccc1F)C(=O)NCCn1ccnc1. The normalized spacial score (nSPS) is 10.5. The van der Waals surface area contributed by atoms with Gasteiger partial charge in [-0.1, -0.05) is 6.07 Å². The Hall–Kier alpha value is -2.44. The van der Waals surface area contributed by atoms with Gasteiger partial charge in [-0.3, -0.25) is 0 Å². The minimum absolute atomic E-state index is 0.103. The van der Waals surface area contributed by atoms with Crippen molar-refractivity contribution in [2.75, 3.05) is 13.1 Å². The fraction of sp³-hybridized carbons (Fsp3) is 0.333. The lowest BCUT2D eigenvalue weighted by Gasteiger charge is -2.22. The summed E-state index contributed by atoms with van der Waals surface area (Å²) in [5.74, 6) is -1.30. The van der Waals surface area contributed by atoms with E-state index in [1.807, 2.05) is 4.57 Å². The van der Waals surface area contributed by atoms with E-state index in [-0.39, 0.29) is 18.1 Å². The minimum atomic E-state index is -0.648. The molecule has 1 aromatic carbocycles. The molecule has 2 aromatic rings. The van der Waals surface area contributed by atoms with Crippen LogP contribution in [0.25, 0.3) is 0 Å². The van der Waals surface area contributed by atoms with Gasteiger partial charge in [0.1, 0.15) is 11.6 Å². The molecule has 0 fully saturated rings. The number of amides is 2. The molecule has 0 aliphatic rings. The highest BCUT2D eigenvalue weighted by Gasteiger charge is 2.16. The molecule has 0 spiro atoms. The van der Waals surface area contributed by atoms with E-state index in [1.165, 1.54) is 23.1 Å². The molecule has 0 bridgehead atoms. The zero-order valence-electron chi connectivity index (χ0n) is 12.3. The van der Waals surface area contributed by atoms with Gasteiger partial charge in [0.2, 0.25) is 0 Å². The van der Waals surface area contributed by atoms with Gasteiger partial charge >= 0.3 is 6.03 Å². The molecule has 0 aliphatic carbocycles. The van der Waals surface area contributed by atoms with Crippen LogP contribution in [0.4, 0.5) is 13.6 Å². The average Bonchev–Trinajstić information content (AvgIpc) is 3.00. The molecule has 22 heavy (non-hydrogen) atoms. The lowest BCUT2D eigenvalue weighted by molar-refractivity contribution is 0.196. The number of nitrogens with zero attached hydrogens (tertiary/aromatic N) is 3. The Morgan fingerprint density at radius 2 is 2.09 bits per heavy atom. The van der Waals surface area contributed by atoms with Crippen LogP contribution in [0.1, 0.15) is 12.5 Å². The average molecular weight is 308 g/mol. The molecule has 0 aliphatic heterocycles. The number of carbonyl (C=O) groups excluding carboxylic acids is 1. The number of halogens is 2. The van der Waals surface area contributed by atoms with Gasteiger partial charge in [0, 0.05) is 37.6 Å². The third kappa shape index (κ3) is 4.03. The molecule has 0 radical (unpaired) electrons. The fourth-order valence-electron chi connectivity index (χ4n) is 2.02. The highest BCUT2D eigenvalue weighted by atomic mass is 19.1. The van der Waals surface area contributed by atoms with Gasteiger partial charge in [-0.2, -0.15) is 0 Å². The number of carbonyl (C=O) groups is 1. The molecule has 118 valence electrons. The number of urea groups is 1. The Balaban J connectivity index is 1.91. The van der Waals surface area contributed by atoms with Crippen LogP contribution >= 0.6 is 0 Å². The van der Waals surface area contributed by atoms with Crippen molar-refractivity contribution in [1.82, 2.24) is 19.8 Å². The topological polar surface area (TPSA) is 50.2 Å². The van der Waals surface area contributed by atoms with E-state index in [1.54, 1.807) is 25.6 Å². The Labute approximate surface area is 127 Å². The van der Waals surface area contributed by atoms with Crippen molar-refractivity contribution in [3.05, 3.63) is 54.1 Å². The second-order valence-corrected chi connectivity index (χ2v) is 4.75. The predicted octanol–water partition coefficient (Wildman–Crippen LogP) is 2.39. The second-order valence-electron chi connectivity index (χ2n) is 4.75. The first-order valence-corrected chi connectivity index (χ1v) is 7.03. The number of hydrogen-bond acceptors (Lipinski definition) is 2. The summed E-state index contributed by atoms with van der Waals surface area (Å²) in [5.41, 5.74) is -0.103. The van der Waals surface area contributed by atoms with E-state index in [0.717, 1.165) is 0 Å². The van der Waals surface area contributed by atoms with Gasteiger partial charge in [0.25, 0.3) is 0 Å². The molecule has 0 atom stereocenters. The van der Waals surface area contributed by atoms with Gasteiger partial charge in [-0.15, -0.1) is 0 Å². The predicted molar refractivity (Wildman–Crippen MR) is 78.1 cm³/mol. The van der Waals surface area contributed by atoms with Gasteiger partial charge in [0.15, 0.2) is 0 Å². The Kier molecular flexibility index (Phi) is 5.46. The number of aromatic nitrogens is 2. The molecule has 7 heteroatoms. The standard InChI is InChI=1S/C15H18F2N4O/c1-2-21(10-12-13(16)4-3-5-14(12)17)15(22)19-7-9-20-8-6-18-11-20/h3-6,8,11H,2,7,9-10H2,1H3,(H,19,22). The summed E-state index contributed by atoms with van der Waals surface area (Å²) in [6, 6.07) is 3.31. The van der Waals surface area contributed by atoms with Crippen LogP contribution in [-0.2, 0) is 13.1 Å². The number of imidazole rings is 1. The maximum absolute atomic E-state index is 13.6. The van der Waals surface area contributed by atoms with Crippen molar-refractivity contribution < 1.29 is 13.6 Å². The molecule has 2 amide bonds. The van der Waals surface area contributed by atoms with Crippen LogP contribution in [0.3, 0.4) is 0 Å². The lowest BCUT2D eigenvalue weighted by atomic mass is 10.2. The van der Waals surface area contributed by atoms with Crippen molar-refractivity contribution >= 4 is 6.03 Å². The molecule has 0 unspecified atom stereocenters. The Morgan fingerprint density at radius 1 is 1.36 bits per heavy atom. The first-order chi connectivity index (χ1) is 10.6. The Bertz CT molecular complexity index is 596. The van der Waals surface area contributed by atoms with Crippen molar-refractivity contribution in [2.45, 2.75) is 20.0 Å². The van der Waals surface area contributed by atoms with Gasteiger partial charge in [-0.25, -0.2) is 18.6 Å². The van der Waals surface area contributed by atoms with Crippen molar-refractivity contribution in [1.29, 1.82) is 0 Å². The van der Waals surface area contributed by atoms with Crippen LogP contribution in [0, 0.1) is 11.6 Å². The van der Waals surface area contributed by atoms with Gasteiger partial charge in [0.05, 0.1) is 12.9 Å². The van der Waals surface area contributed by atoms with E-state index in [4.69, 9.17) is 0 Å². The molecule has 0 saturated heterocycles. The molecule has 1 aromatic heterocycles. The van der Waals surface area contributed by atoms with Crippen LogP contribution in [0.15, 0.2) is 36.9 Å². The van der Waals surface area contributed by atoms with Crippen LogP contribution in [0.2, 0.25) is 0 Å². The molecule has 5 nitrogen and oxygen atoms in total. The van der Waals surface area contributed by atoms with E-state index in [2.05, 4.69) is 10.3 Å². The molecule has 0 saturated carbocycles. The Morgan fingerprint density at radius 3 is 2.68 bits per heavy atom. The summed E-state index contributed by atoms with van der Waals surface area (Å²) in [7, 11) is 0. The highest BCUT2D eigenvalue weighted by molar-refractivity contribution is 5.74. The molecule has 1 N–H and O–H groups in total. The number of rotatable bonds is 6. The molecular weight excluding hydrogens is 290 g/mol. The zero-order chi connectivity index (χ0) is 15.9. The number of benzene rings is 1. The molecule has 1 heterocycles. The summed E-state index contributed by atoms with van der Waals surface area (Å²) < 4.78 is 29.1. The molecular formula is C15H18F2N4O. The quantitative estimate of drug-likeness (QED) is 0.891. The fourth-order valence-corrected chi connectivity index (χ4v) is 2.02. The van der Waals surface area contributed by atoms with Crippen LogP contribution in [0.5, 0.6) is 0 Å². The summed E-state index contributed by atoms with van der Waals surface area (Å²) >= 11 is 0. The maximum atomic E-state index is 13.6. The third-order valence-electron chi connectivity index (χ3n) is 3.29.